The first-order valence-electron chi connectivity index (χ1n) is 45.8. The summed E-state index contributed by atoms with van der Waals surface area (Å²) in [6, 6.07) is 156. The van der Waals surface area contributed by atoms with Gasteiger partial charge in [0.15, 0.2) is 16.9 Å². The molecule has 0 aliphatic rings. The lowest BCUT2D eigenvalue weighted by molar-refractivity contribution is 1.14. The quantitative estimate of drug-likeness (QED) is 0.132. The molecule has 634 valence electrons. The van der Waals surface area contributed by atoms with Crippen LogP contribution in [0, 0.1) is 0 Å². The molecule has 29 aromatic rings. The number of benzene rings is 18. The first kappa shape index (κ1) is 77.3. The summed E-state index contributed by atoms with van der Waals surface area (Å²) in [7, 11) is 0. The Balaban J connectivity index is 0.000000104. The highest BCUT2D eigenvalue weighted by Gasteiger charge is 2.25. The summed E-state index contributed by atoms with van der Waals surface area (Å²) in [5, 5.41) is 11.7. The minimum Gasteiger partial charge on any atom is -0.309 e. The maximum absolute atomic E-state index is 5.21. The van der Waals surface area contributed by atoms with Gasteiger partial charge in [0.05, 0.1) is 101 Å². The van der Waals surface area contributed by atoms with Gasteiger partial charge >= 0.3 is 0 Å². The highest BCUT2D eigenvalue weighted by atomic mass is 15.1. The van der Waals surface area contributed by atoms with Crippen LogP contribution in [0.1, 0.15) is 0 Å². The molecule has 14 nitrogen and oxygen atoms in total. The van der Waals surface area contributed by atoms with E-state index in [1.165, 1.54) is 54.5 Å². The van der Waals surface area contributed by atoms with Gasteiger partial charge < -0.3 is 13.7 Å². The van der Waals surface area contributed by atoms with E-state index < -0.39 is 0 Å². The Labute approximate surface area is 777 Å². The van der Waals surface area contributed by atoms with Gasteiger partial charge in [0.2, 0.25) is 0 Å². The van der Waals surface area contributed by atoms with Crippen LogP contribution in [-0.4, -0.2) is 67.3 Å². The summed E-state index contributed by atoms with van der Waals surface area (Å²) in [4.78, 5) is 40.2. The van der Waals surface area contributed by atoms with Crippen LogP contribution in [0.4, 0.5) is 0 Å². The van der Waals surface area contributed by atoms with Crippen molar-refractivity contribution in [3.63, 3.8) is 0 Å². The topological polar surface area (TPSA) is 133 Å². The van der Waals surface area contributed by atoms with E-state index in [-0.39, 0.29) is 0 Å². The van der Waals surface area contributed by atoms with Gasteiger partial charge in [-0.05, 0) is 245 Å². The standard InChI is InChI=1S/C44H28N4.C41H25N5.C37H23N5/c1-3-12-29(13-4-1)30-14-11-17-34(26-30)48-42-25-23-32(28-37(42)43-44(48)46-39-20-9-8-19-38(39)45-43)31-22-24-41-36(27-31)35-18-7-10-21-40(35)47(41)33-15-5-2-6-16-33;1-3-11-28(12-4-1)45-36-21-19-26(23-31(36)39-30-15-7-8-16-33(30)42-25-38(39)45)27-20-22-37-32(24-27)40-41(46(37)29-13-5-2-6-14-29)44-35-18-10-9-17-34(35)43-40;1-3-9-26(10-4-1)41-33-17-15-24(21-29(33)28-19-20-38-23-35(28)41)25-16-18-34-30(22-25)36-37(42(34)27-11-5-2-6-12-27)40-32-14-8-7-13-31(32)39-36/h1-28H;1-25H;1-23H. The third kappa shape index (κ3) is 12.7. The average molecular weight is 1740 g/mol. The molecule has 29 rings (SSSR count). The predicted molar refractivity (Wildman–Crippen MR) is 559 cm³/mol. The van der Waals surface area contributed by atoms with Crippen molar-refractivity contribution >= 4 is 176 Å². The van der Waals surface area contributed by atoms with Crippen LogP contribution in [0.2, 0.25) is 0 Å². The Morgan fingerprint density at radius 1 is 0.154 bits per heavy atom. The summed E-state index contributed by atoms with van der Waals surface area (Å²) < 4.78 is 13.7. The van der Waals surface area contributed by atoms with Crippen molar-refractivity contribution in [3.05, 3.63) is 461 Å². The Kier molecular flexibility index (Phi) is 18.0. The number of nitrogens with zero attached hydrogens (tertiary/aromatic N) is 14. The minimum absolute atomic E-state index is 0.854. The van der Waals surface area contributed by atoms with Crippen molar-refractivity contribution in [1.82, 2.24) is 67.3 Å². The summed E-state index contributed by atoms with van der Waals surface area (Å²) in [6.07, 6.45) is 5.84. The van der Waals surface area contributed by atoms with Gasteiger partial charge in [-0.15, -0.1) is 0 Å². The molecule has 0 saturated carbocycles. The lowest BCUT2D eigenvalue weighted by Crippen LogP contribution is -1.97. The van der Waals surface area contributed by atoms with E-state index in [1.807, 2.05) is 110 Å². The minimum atomic E-state index is 0.854. The van der Waals surface area contributed by atoms with Crippen molar-refractivity contribution < 1.29 is 0 Å². The molecule has 0 radical (unpaired) electrons. The van der Waals surface area contributed by atoms with Crippen LogP contribution < -0.4 is 0 Å². The number of fused-ring (bicyclic) bond motifs is 23. The molecule has 0 spiro atoms. The van der Waals surface area contributed by atoms with Gasteiger partial charge in [-0.2, -0.15) is 0 Å². The molecule has 11 aromatic heterocycles. The molecule has 0 atom stereocenters. The van der Waals surface area contributed by atoms with Crippen molar-refractivity contribution in [2.24, 2.45) is 0 Å². The maximum Gasteiger partial charge on any atom is 0.165 e. The second kappa shape index (κ2) is 31.6. The number of para-hydroxylation sites is 13. The highest BCUT2D eigenvalue weighted by molar-refractivity contribution is 6.22. The average Bonchev–Trinajstić information content (AvgIpc) is 1.58. The molecule has 18 aromatic carbocycles. The Bertz CT molecular complexity index is 9870. The molecule has 14 heteroatoms. The van der Waals surface area contributed by atoms with Crippen LogP contribution in [0.25, 0.3) is 254 Å². The molecule has 11 heterocycles. The first-order chi connectivity index (χ1) is 67.4. The third-order valence-corrected chi connectivity index (χ3v) is 26.8. The molecule has 0 aliphatic heterocycles. The Hall–Kier alpha value is -18.7. The first-order valence-corrected chi connectivity index (χ1v) is 45.8. The fourth-order valence-electron chi connectivity index (χ4n) is 20.6. The normalized spacial score (nSPS) is 11.8. The van der Waals surface area contributed by atoms with Gasteiger partial charge in [0, 0.05) is 94.2 Å². The number of rotatable bonds is 10. The highest BCUT2D eigenvalue weighted by Crippen LogP contribution is 2.45. The van der Waals surface area contributed by atoms with E-state index in [2.05, 4.69) is 384 Å². The van der Waals surface area contributed by atoms with Gasteiger partial charge in [-0.3, -0.25) is 23.7 Å². The molecular formula is C122H76N14. The number of aromatic nitrogens is 14. The molecular weight excluding hydrogens is 1660 g/mol. The Morgan fingerprint density at radius 2 is 0.441 bits per heavy atom. The van der Waals surface area contributed by atoms with Crippen LogP contribution in [0.15, 0.2) is 461 Å². The van der Waals surface area contributed by atoms with Crippen LogP contribution in [-0.2, 0) is 0 Å². The second-order valence-corrected chi connectivity index (χ2v) is 34.6. The SMILES string of the molecule is c1ccc(-c2cccc(-n3c4ccc(-c5ccc6c(c5)c5ccccc5n6-c5ccccc5)cc4c4nc5ccccc5nc43)c2)cc1.c1ccc(-n2c3ccc(-c4ccc5c(c4)c4nc6ccccc6nc4n5-c4ccccc4)cc3c3c4ccccc4ncc32)cc1.c1ccc(-n2c3ccc(-c4ccc5c(c4)c4nc6ccccc6nc4n5-c4ccccc4)cc3c3ccncc32)cc1. The van der Waals surface area contributed by atoms with Crippen molar-refractivity contribution in [3.8, 4) is 78.6 Å². The van der Waals surface area contributed by atoms with E-state index in [1.54, 1.807) is 0 Å². The van der Waals surface area contributed by atoms with E-state index in [9.17, 15) is 0 Å². The monoisotopic (exact) mass is 1740 g/mol. The third-order valence-electron chi connectivity index (χ3n) is 26.8. The van der Waals surface area contributed by atoms with Gasteiger partial charge in [-0.25, -0.2) is 29.9 Å². The second-order valence-electron chi connectivity index (χ2n) is 34.6. The number of pyridine rings is 2. The maximum atomic E-state index is 5.21. The number of hydrogen-bond donors (Lipinski definition) is 0. The molecule has 0 saturated heterocycles. The molecule has 0 fully saturated rings. The lowest BCUT2D eigenvalue weighted by atomic mass is 10.0. The summed E-state index contributed by atoms with van der Waals surface area (Å²) in [5.41, 5.74) is 37.6. The lowest BCUT2D eigenvalue weighted by Gasteiger charge is -2.10. The largest absolute Gasteiger partial charge is 0.309 e. The fourth-order valence-corrected chi connectivity index (χ4v) is 20.6. The van der Waals surface area contributed by atoms with Crippen molar-refractivity contribution in [1.29, 1.82) is 0 Å². The number of hydrogen-bond acceptors (Lipinski definition) is 8. The summed E-state index contributed by atoms with van der Waals surface area (Å²) in [6.45, 7) is 0. The zero-order chi connectivity index (χ0) is 89.4. The predicted octanol–water partition coefficient (Wildman–Crippen LogP) is 30.1. The zero-order valence-electron chi connectivity index (χ0n) is 73.1. The molecule has 0 unspecified atom stereocenters. The molecule has 136 heavy (non-hydrogen) atoms. The van der Waals surface area contributed by atoms with Crippen LogP contribution in [0.3, 0.4) is 0 Å². The Morgan fingerprint density at radius 3 is 0.875 bits per heavy atom. The molecule has 0 bridgehead atoms. The van der Waals surface area contributed by atoms with Crippen LogP contribution >= 0.6 is 0 Å². The van der Waals surface area contributed by atoms with Gasteiger partial charge in [0.25, 0.3) is 0 Å². The van der Waals surface area contributed by atoms with E-state index in [4.69, 9.17) is 34.9 Å². The van der Waals surface area contributed by atoms with Crippen LogP contribution in [0.5, 0.6) is 0 Å². The fraction of sp³-hybridized carbons (Fsp3) is 0. The van der Waals surface area contributed by atoms with E-state index >= 15 is 0 Å². The molecule has 0 aliphatic carbocycles. The zero-order valence-corrected chi connectivity index (χ0v) is 73.1. The van der Waals surface area contributed by atoms with E-state index in [0.717, 1.165) is 200 Å². The van der Waals surface area contributed by atoms with E-state index in [0.29, 0.717) is 0 Å². The van der Waals surface area contributed by atoms with Crippen molar-refractivity contribution in [2.75, 3.05) is 0 Å². The van der Waals surface area contributed by atoms with Gasteiger partial charge in [-0.1, -0.05) is 243 Å². The van der Waals surface area contributed by atoms with Gasteiger partial charge in [0.1, 0.15) is 16.6 Å². The summed E-state index contributed by atoms with van der Waals surface area (Å²) in [5.74, 6) is 0. The van der Waals surface area contributed by atoms with Crippen molar-refractivity contribution in [2.45, 2.75) is 0 Å². The molecule has 0 N–H and O–H groups in total. The molecule has 0 amide bonds. The smallest absolute Gasteiger partial charge is 0.165 e. The summed E-state index contributed by atoms with van der Waals surface area (Å²) >= 11 is 0.